The Labute approximate surface area is 146 Å². The monoisotopic (exact) mass is 260 g/mol. The number of aliphatic hydroxyl groups excluding tert-OH is 2. The molecule has 0 aliphatic heterocycles. The maximum absolute atomic E-state index is 9.45. The summed E-state index contributed by atoms with van der Waals surface area (Å²) in [6.45, 7) is 2.39. The largest absolute Gasteiger partial charge is 1.00 e. The SMILES string of the molecule is CC(O)C(=O)O.CC(O)C(=O)O.[Li+].[Li+].[Li+].[O-]B([O-])[O-]. The molecule has 4 N–H and O–H groups in total. The smallest absolute Gasteiger partial charge is 0.907 e. The average Bonchev–Trinajstić information content (AvgIpc) is 2.03. The van der Waals surface area contributed by atoms with E-state index in [-0.39, 0.29) is 56.6 Å². The van der Waals surface area contributed by atoms with Gasteiger partial charge in [-0.3, -0.25) is 7.32 Å². The van der Waals surface area contributed by atoms with Crippen molar-refractivity contribution in [3.05, 3.63) is 0 Å². The predicted octanol–water partition coefficient (Wildman–Crippen LogP) is -14.0. The summed E-state index contributed by atoms with van der Waals surface area (Å²) in [4.78, 5) is 18.9. The van der Waals surface area contributed by atoms with Gasteiger partial charge < -0.3 is 35.5 Å². The van der Waals surface area contributed by atoms with Gasteiger partial charge in [-0.15, -0.1) is 0 Å². The molecule has 96 valence electrons. The number of aliphatic carboxylic acids is 2. The zero-order valence-corrected chi connectivity index (χ0v) is 11.6. The van der Waals surface area contributed by atoms with Gasteiger partial charge in [0.2, 0.25) is 0 Å². The number of rotatable bonds is 2. The van der Waals surface area contributed by atoms with Gasteiger partial charge in [0, 0.05) is 0 Å². The summed E-state index contributed by atoms with van der Waals surface area (Å²) >= 11 is 0. The number of hydrogen-bond acceptors (Lipinski definition) is 7. The fourth-order valence-electron chi connectivity index (χ4n) is 0. The zero-order valence-electron chi connectivity index (χ0n) is 11.6. The van der Waals surface area contributed by atoms with E-state index < -0.39 is 31.5 Å². The fourth-order valence-corrected chi connectivity index (χ4v) is 0. The Morgan fingerprint density at radius 1 is 0.842 bits per heavy atom. The molecule has 13 heteroatoms. The van der Waals surface area contributed by atoms with Crippen LogP contribution in [0.4, 0.5) is 0 Å². The van der Waals surface area contributed by atoms with Crippen LogP contribution in [-0.4, -0.2) is 51.9 Å². The second kappa shape index (κ2) is 23.7. The van der Waals surface area contributed by atoms with Gasteiger partial charge in [-0.25, -0.2) is 9.59 Å². The van der Waals surface area contributed by atoms with Crippen molar-refractivity contribution in [3.63, 3.8) is 0 Å². The van der Waals surface area contributed by atoms with Gasteiger partial charge in [0.15, 0.2) is 0 Å². The summed E-state index contributed by atoms with van der Waals surface area (Å²) in [5.41, 5.74) is 0. The van der Waals surface area contributed by atoms with E-state index in [9.17, 15) is 9.59 Å². The molecule has 2 unspecified atom stereocenters. The standard InChI is InChI=1S/2C3H6O3.BO3.3Li/c2*1-2(4)3(5)6;2-1(3)4;;;/h2*2,4H,1H3,(H,5,6);;;;/q;;-3;3*+1. The molecule has 2 atom stereocenters. The number of carbonyl (C=O) groups is 2. The minimum atomic E-state index is -2.92. The van der Waals surface area contributed by atoms with Crippen LogP contribution in [0, 0.1) is 0 Å². The molecule has 0 aromatic rings. The van der Waals surface area contributed by atoms with Crippen molar-refractivity contribution < 1.29 is 102 Å². The Balaban J connectivity index is -0.0000000315. The van der Waals surface area contributed by atoms with Crippen LogP contribution in [0.5, 0.6) is 0 Å². The Bertz CT molecular complexity index is 182. The Hall–Kier alpha value is 0.597. The first-order valence-corrected chi connectivity index (χ1v) is 3.81. The van der Waals surface area contributed by atoms with E-state index in [1.165, 1.54) is 13.8 Å². The van der Waals surface area contributed by atoms with Crippen LogP contribution in [0.2, 0.25) is 0 Å². The molecule has 0 heterocycles. The van der Waals surface area contributed by atoms with Crippen molar-refractivity contribution in [2.24, 2.45) is 0 Å². The average molecular weight is 260 g/mol. The third kappa shape index (κ3) is 69.3. The van der Waals surface area contributed by atoms with E-state index >= 15 is 0 Å². The Morgan fingerprint density at radius 2 is 0.895 bits per heavy atom. The zero-order chi connectivity index (χ0) is 13.9. The van der Waals surface area contributed by atoms with E-state index in [0.29, 0.717) is 0 Å². The molecule has 19 heavy (non-hydrogen) atoms. The van der Waals surface area contributed by atoms with Crippen LogP contribution < -0.4 is 71.7 Å². The van der Waals surface area contributed by atoms with E-state index in [4.69, 9.17) is 35.5 Å². The summed E-state index contributed by atoms with van der Waals surface area (Å²) in [5.74, 6) is -2.37. The minimum Gasteiger partial charge on any atom is -0.907 e. The molecule has 0 aliphatic carbocycles. The molecule has 0 spiro atoms. The van der Waals surface area contributed by atoms with Crippen molar-refractivity contribution in [3.8, 4) is 0 Å². The molecule has 0 saturated carbocycles. The fraction of sp³-hybridized carbons (Fsp3) is 0.667. The molecule has 0 rings (SSSR count). The van der Waals surface area contributed by atoms with Gasteiger partial charge in [0.1, 0.15) is 12.2 Å². The Morgan fingerprint density at radius 3 is 0.895 bits per heavy atom. The number of carboxylic acids is 2. The molecule has 0 radical (unpaired) electrons. The number of hydrogen-bond donors (Lipinski definition) is 4. The van der Waals surface area contributed by atoms with Crippen LogP contribution in [0.15, 0.2) is 0 Å². The van der Waals surface area contributed by atoms with Crippen molar-refractivity contribution in [1.29, 1.82) is 0 Å². The normalized spacial score (nSPS) is 10.1. The molecule has 0 aromatic heterocycles. The molecule has 9 nitrogen and oxygen atoms in total. The van der Waals surface area contributed by atoms with Gasteiger partial charge in [-0.05, 0) is 13.8 Å². The summed E-state index contributed by atoms with van der Waals surface area (Å²) in [7, 11) is -2.92. The quantitative estimate of drug-likeness (QED) is 0.349. The van der Waals surface area contributed by atoms with E-state index in [0.717, 1.165) is 0 Å². The minimum absolute atomic E-state index is 0. The van der Waals surface area contributed by atoms with Crippen molar-refractivity contribution in [1.82, 2.24) is 0 Å². The first-order valence-electron chi connectivity index (χ1n) is 3.81. The van der Waals surface area contributed by atoms with Crippen molar-refractivity contribution in [2.45, 2.75) is 26.1 Å². The molecular formula is C6H12BLi3O9. The van der Waals surface area contributed by atoms with Gasteiger partial charge in [0.25, 0.3) is 0 Å². The van der Waals surface area contributed by atoms with Crippen LogP contribution in [-0.2, 0) is 9.59 Å². The first kappa shape index (κ1) is 36.7. The molecule has 0 aliphatic rings. The molecule has 0 fully saturated rings. The summed E-state index contributed by atoms with van der Waals surface area (Å²) < 4.78 is 0. The molecule has 0 bridgehead atoms. The molecule has 0 amide bonds. The van der Waals surface area contributed by atoms with Crippen LogP contribution >= 0.6 is 0 Å². The maximum atomic E-state index is 9.45. The summed E-state index contributed by atoms with van der Waals surface area (Å²) in [6.07, 6.45) is -2.46. The molecule has 0 aromatic carbocycles. The first-order chi connectivity index (χ1) is 7.02. The molecule has 0 saturated heterocycles. The van der Waals surface area contributed by atoms with E-state index in [1.807, 2.05) is 0 Å². The van der Waals surface area contributed by atoms with Gasteiger partial charge in [0.05, 0.1) is 0 Å². The number of aliphatic hydroxyl groups is 2. The third-order valence-corrected chi connectivity index (χ3v) is 0.715. The van der Waals surface area contributed by atoms with Gasteiger partial charge in [-0.1, -0.05) is 0 Å². The second-order valence-corrected chi connectivity index (χ2v) is 2.32. The predicted molar refractivity (Wildman–Crippen MR) is 44.4 cm³/mol. The van der Waals surface area contributed by atoms with Crippen LogP contribution in [0.1, 0.15) is 13.8 Å². The summed E-state index contributed by atoms with van der Waals surface area (Å²) in [6, 6.07) is 0. The van der Waals surface area contributed by atoms with Crippen LogP contribution in [0.25, 0.3) is 0 Å². The van der Waals surface area contributed by atoms with Gasteiger partial charge >= 0.3 is 68.5 Å². The molecular weight excluding hydrogens is 248 g/mol. The Kier molecular flexibility index (Phi) is 45.7. The van der Waals surface area contributed by atoms with Gasteiger partial charge in [-0.2, -0.15) is 0 Å². The number of carboxylic acid groups (broad SMARTS) is 2. The van der Waals surface area contributed by atoms with E-state index in [1.54, 1.807) is 0 Å². The maximum Gasteiger partial charge on any atom is 1.00 e. The van der Waals surface area contributed by atoms with Crippen molar-refractivity contribution in [2.75, 3.05) is 0 Å². The van der Waals surface area contributed by atoms with Crippen LogP contribution in [0.3, 0.4) is 0 Å². The third-order valence-electron chi connectivity index (χ3n) is 0.715. The van der Waals surface area contributed by atoms with E-state index in [2.05, 4.69) is 0 Å². The van der Waals surface area contributed by atoms with Crippen molar-refractivity contribution >= 4 is 19.3 Å². The topological polar surface area (TPSA) is 184 Å². The second-order valence-electron chi connectivity index (χ2n) is 2.32. The summed E-state index contributed by atoms with van der Waals surface area (Å²) in [5, 5.41) is 56.8.